The van der Waals surface area contributed by atoms with Crippen molar-refractivity contribution in [3.63, 3.8) is 0 Å². The molecule has 2 aromatic carbocycles. The highest BCUT2D eigenvalue weighted by atomic mass is 16.6. The number of carbonyl (C=O) groups is 1. The molecule has 0 radical (unpaired) electrons. The van der Waals surface area contributed by atoms with Crippen molar-refractivity contribution >= 4 is 5.97 Å². The van der Waals surface area contributed by atoms with Gasteiger partial charge in [-0.25, -0.2) is 4.79 Å². The standard InChI is InChI=1S/C17H18O3/c1-19-17(18)13-20-12-16(14-8-4-2-5-9-14)15-10-6-3-7-11-15/h2-11,16H,12-13H2,1H3. The third-order valence-electron chi connectivity index (χ3n) is 3.14. The summed E-state index contributed by atoms with van der Waals surface area (Å²) in [6.45, 7) is 0.426. The first-order valence-electron chi connectivity index (χ1n) is 6.55. The van der Waals surface area contributed by atoms with Crippen molar-refractivity contribution in [2.24, 2.45) is 0 Å². The van der Waals surface area contributed by atoms with Crippen LogP contribution in [-0.2, 0) is 14.3 Å². The largest absolute Gasteiger partial charge is 0.467 e. The van der Waals surface area contributed by atoms with Crippen molar-refractivity contribution in [3.8, 4) is 0 Å². The Balaban J connectivity index is 2.11. The van der Waals surface area contributed by atoms with E-state index in [0.29, 0.717) is 6.61 Å². The zero-order valence-electron chi connectivity index (χ0n) is 11.5. The van der Waals surface area contributed by atoms with Gasteiger partial charge >= 0.3 is 5.97 Å². The fraction of sp³-hybridized carbons (Fsp3) is 0.235. The Bertz CT molecular complexity index is 483. The van der Waals surface area contributed by atoms with E-state index in [1.807, 2.05) is 36.4 Å². The number of carbonyl (C=O) groups excluding carboxylic acids is 1. The van der Waals surface area contributed by atoms with Gasteiger partial charge in [0.25, 0.3) is 0 Å². The maximum absolute atomic E-state index is 11.1. The summed E-state index contributed by atoms with van der Waals surface area (Å²) in [7, 11) is 1.36. The van der Waals surface area contributed by atoms with E-state index in [1.165, 1.54) is 18.2 Å². The van der Waals surface area contributed by atoms with E-state index in [2.05, 4.69) is 29.0 Å². The van der Waals surface area contributed by atoms with Crippen molar-refractivity contribution in [1.29, 1.82) is 0 Å². The minimum Gasteiger partial charge on any atom is -0.467 e. The number of hydrogen-bond acceptors (Lipinski definition) is 3. The lowest BCUT2D eigenvalue weighted by molar-refractivity contribution is -0.145. The summed E-state index contributed by atoms with van der Waals surface area (Å²) in [4.78, 5) is 11.1. The van der Waals surface area contributed by atoms with Gasteiger partial charge in [-0.3, -0.25) is 0 Å². The summed E-state index contributed by atoms with van der Waals surface area (Å²) < 4.78 is 10.1. The van der Waals surface area contributed by atoms with Gasteiger partial charge in [-0.1, -0.05) is 60.7 Å². The van der Waals surface area contributed by atoms with Gasteiger partial charge in [-0.05, 0) is 11.1 Å². The van der Waals surface area contributed by atoms with Crippen LogP contribution in [0.5, 0.6) is 0 Å². The van der Waals surface area contributed by atoms with E-state index in [0.717, 1.165) is 0 Å². The van der Waals surface area contributed by atoms with Crippen molar-refractivity contribution in [2.45, 2.75) is 5.92 Å². The summed E-state index contributed by atoms with van der Waals surface area (Å²) >= 11 is 0. The van der Waals surface area contributed by atoms with Crippen molar-refractivity contribution in [1.82, 2.24) is 0 Å². The number of methoxy groups -OCH3 is 1. The van der Waals surface area contributed by atoms with E-state index in [-0.39, 0.29) is 18.5 Å². The molecule has 0 aliphatic heterocycles. The van der Waals surface area contributed by atoms with Gasteiger partial charge in [-0.2, -0.15) is 0 Å². The summed E-state index contributed by atoms with van der Waals surface area (Å²) in [5.74, 6) is -0.244. The van der Waals surface area contributed by atoms with E-state index in [4.69, 9.17) is 4.74 Å². The summed E-state index contributed by atoms with van der Waals surface area (Å²) in [5.41, 5.74) is 2.34. The number of hydrogen-bond donors (Lipinski definition) is 0. The van der Waals surface area contributed by atoms with Crippen molar-refractivity contribution in [3.05, 3.63) is 71.8 Å². The number of rotatable bonds is 6. The van der Waals surface area contributed by atoms with E-state index >= 15 is 0 Å². The lowest BCUT2D eigenvalue weighted by Gasteiger charge is -2.18. The Morgan fingerprint density at radius 1 is 0.950 bits per heavy atom. The van der Waals surface area contributed by atoms with Crippen LogP contribution in [0.25, 0.3) is 0 Å². The van der Waals surface area contributed by atoms with Crippen LogP contribution in [-0.4, -0.2) is 26.3 Å². The maximum Gasteiger partial charge on any atom is 0.331 e. The fourth-order valence-corrected chi connectivity index (χ4v) is 2.07. The molecule has 0 saturated heterocycles. The molecule has 0 fully saturated rings. The highest BCUT2D eigenvalue weighted by Crippen LogP contribution is 2.24. The predicted molar refractivity (Wildman–Crippen MR) is 77.6 cm³/mol. The van der Waals surface area contributed by atoms with Gasteiger partial charge < -0.3 is 9.47 Å². The number of ether oxygens (including phenoxy) is 2. The molecule has 2 aromatic rings. The molecule has 3 nitrogen and oxygen atoms in total. The molecule has 0 saturated carbocycles. The quantitative estimate of drug-likeness (QED) is 0.757. The average Bonchev–Trinajstić information content (AvgIpc) is 2.53. The molecule has 0 atom stereocenters. The third-order valence-corrected chi connectivity index (χ3v) is 3.14. The van der Waals surface area contributed by atoms with E-state index < -0.39 is 0 Å². The predicted octanol–water partition coefficient (Wildman–Crippen LogP) is 3.01. The molecule has 0 aromatic heterocycles. The van der Waals surface area contributed by atoms with Crippen LogP contribution >= 0.6 is 0 Å². The zero-order valence-corrected chi connectivity index (χ0v) is 11.5. The van der Waals surface area contributed by atoms with Crippen molar-refractivity contribution < 1.29 is 14.3 Å². The van der Waals surface area contributed by atoms with Gasteiger partial charge in [0.15, 0.2) is 0 Å². The zero-order chi connectivity index (χ0) is 14.2. The second kappa shape index (κ2) is 7.46. The lowest BCUT2D eigenvalue weighted by Crippen LogP contribution is -2.15. The second-order valence-electron chi connectivity index (χ2n) is 4.47. The minimum atomic E-state index is -0.357. The molecule has 0 bridgehead atoms. The molecule has 104 valence electrons. The van der Waals surface area contributed by atoms with Gasteiger partial charge in [0.05, 0.1) is 13.7 Å². The Kier molecular flexibility index (Phi) is 5.33. The van der Waals surface area contributed by atoms with Crippen LogP contribution in [0.3, 0.4) is 0 Å². The fourth-order valence-electron chi connectivity index (χ4n) is 2.07. The smallest absolute Gasteiger partial charge is 0.331 e. The SMILES string of the molecule is COC(=O)COCC(c1ccccc1)c1ccccc1. The van der Waals surface area contributed by atoms with Gasteiger partial charge in [0.1, 0.15) is 6.61 Å². The Morgan fingerprint density at radius 3 is 1.90 bits per heavy atom. The van der Waals surface area contributed by atoms with Crippen LogP contribution in [0.4, 0.5) is 0 Å². The molecule has 20 heavy (non-hydrogen) atoms. The summed E-state index contributed by atoms with van der Waals surface area (Å²) in [6, 6.07) is 20.3. The van der Waals surface area contributed by atoms with Crippen LogP contribution in [0, 0.1) is 0 Å². The Labute approximate surface area is 119 Å². The first-order valence-corrected chi connectivity index (χ1v) is 6.55. The van der Waals surface area contributed by atoms with E-state index in [9.17, 15) is 4.79 Å². The minimum absolute atomic E-state index is 0.0212. The highest BCUT2D eigenvalue weighted by molar-refractivity contribution is 5.70. The molecule has 2 rings (SSSR count). The summed E-state index contributed by atoms with van der Waals surface area (Å²) in [6.07, 6.45) is 0. The van der Waals surface area contributed by atoms with Gasteiger partial charge in [0, 0.05) is 5.92 Å². The number of benzene rings is 2. The average molecular weight is 270 g/mol. The molecule has 0 N–H and O–H groups in total. The molecule has 0 amide bonds. The Morgan fingerprint density at radius 2 is 1.45 bits per heavy atom. The molecule has 0 unspecified atom stereocenters. The molecular formula is C17H18O3. The van der Waals surface area contributed by atoms with Crippen LogP contribution in [0.2, 0.25) is 0 Å². The molecule has 0 heterocycles. The molecule has 0 aliphatic rings. The van der Waals surface area contributed by atoms with Crippen LogP contribution in [0.15, 0.2) is 60.7 Å². The molecule has 0 aliphatic carbocycles. The van der Waals surface area contributed by atoms with Gasteiger partial charge in [-0.15, -0.1) is 0 Å². The van der Waals surface area contributed by atoms with Crippen LogP contribution < -0.4 is 0 Å². The lowest BCUT2D eigenvalue weighted by atomic mass is 9.92. The molecular weight excluding hydrogens is 252 g/mol. The third kappa shape index (κ3) is 3.93. The van der Waals surface area contributed by atoms with Crippen LogP contribution in [0.1, 0.15) is 17.0 Å². The molecule has 3 heteroatoms. The first kappa shape index (κ1) is 14.3. The summed E-state index contributed by atoms with van der Waals surface area (Å²) in [5, 5.41) is 0. The van der Waals surface area contributed by atoms with Gasteiger partial charge in [0.2, 0.25) is 0 Å². The maximum atomic E-state index is 11.1. The van der Waals surface area contributed by atoms with Crippen molar-refractivity contribution in [2.75, 3.05) is 20.3 Å². The second-order valence-corrected chi connectivity index (χ2v) is 4.47. The topological polar surface area (TPSA) is 35.5 Å². The molecule has 0 spiro atoms. The monoisotopic (exact) mass is 270 g/mol. The Hall–Kier alpha value is -2.13. The normalized spacial score (nSPS) is 10.5. The first-order chi connectivity index (χ1) is 9.81. The highest BCUT2D eigenvalue weighted by Gasteiger charge is 2.14. The number of esters is 1. The van der Waals surface area contributed by atoms with E-state index in [1.54, 1.807) is 0 Å².